The van der Waals surface area contributed by atoms with Gasteiger partial charge in [-0.2, -0.15) is 0 Å². The molecule has 1 aromatic carbocycles. The molecular weight excluding hydrogens is 643 g/mol. The van der Waals surface area contributed by atoms with Crippen LogP contribution in [0.1, 0.15) is 148 Å². The van der Waals surface area contributed by atoms with E-state index < -0.39 is 5.82 Å². The molecule has 0 amide bonds. The van der Waals surface area contributed by atoms with E-state index in [1.54, 1.807) is 17.4 Å². The number of carbonyl (C=O) groups excluding carboxylic acids is 2. The minimum absolute atomic E-state index is 0.00834. The van der Waals surface area contributed by atoms with Crippen LogP contribution in [-0.4, -0.2) is 27.1 Å². The molecule has 0 atom stereocenters. The number of Topliss-reactive ketones (excluding diaryl/α,β-unsaturated/α-hetero) is 1. The number of unbranched alkanes of at least 4 members (excludes halogenated alkanes) is 2. The zero-order valence-electron chi connectivity index (χ0n) is 31.5. The Morgan fingerprint density at radius 2 is 1.62 bits per heavy atom. The van der Waals surface area contributed by atoms with Crippen molar-refractivity contribution in [3.8, 4) is 17.0 Å². The SMILES string of the molecule is CC.CC=O.CCCC.CCCCC(C)(C)/C=C/c1nc(-c2ccc(Cl)c(F)c2)cc(C(C)(C)C)c1O.Cc1nc(C(=O)C2CC2)cs1. The molecular formula is C40H60ClFN2O3S. The lowest BCUT2D eigenvalue weighted by Gasteiger charge is -2.23. The number of hydrogen-bond donors (Lipinski definition) is 1. The van der Waals surface area contributed by atoms with Crippen molar-refractivity contribution in [2.24, 2.45) is 11.3 Å². The molecule has 1 fully saturated rings. The first-order valence-corrected chi connectivity index (χ1v) is 18.6. The molecule has 0 saturated heterocycles. The fourth-order valence-corrected chi connectivity index (χ4v) is 4.82. The third-order valence-electron chi connectivity index (χ3n) is 7.23. The van der Waals surface area contributed by atoms with Crippen molar-refractivity contribution in [3.05, 3.63) is 68.5 Å². The Labute approximate surface area is 299 Å². The predicted molar refractivity (Wildman–Crippen MR) is 205 cm³/mol. The normalized spacial score (nSPS) is 12.3. The molecule has 2 aromatic heterocycles. The van der Waals surface area contributed by atoms with Crippen LogP contribution in [0.4, 0.5) is 4.39 Å². The highest BCUT2D eigenvalue weighted by Gasteiger charge is 2.31. The van der Waals surface area contributed by atoms with E-state index in [1.165, 1.54) is 31.9 Å². The first kappa shape index (κ1) is 45.1. The number of pyridine rings is 1. The number of halogens is 2. The molecule has 1 N–H and O–H groups in total. The second kappa shape index (κ2) is 22.7. The first-order valence-electron chi connectivity index (χ1n) is 17.3. The Balaban J connectivity index is 0.000000897. The van der Waals surface area contributed by atoms with E-state index in [1.807, 2.05) is 59.1 Å². The van der Waals surface area contributed by atoms with E-state index >= 15 is 0 Å². The number of hydrogen-bond acceptors (Lipinski definition) is 6. The average Bonchev–Trinajstić information content (AvgIpc) is 3.81. The number of ketones is 1. The number of aromatic hydroxyl groups is 1. The molecule has 0 bridgehead atoms. The Morgan fingerprint density at radius 3 is 2.06 bits per heavy atom. The number of allylic oxidation sites excluding steroid dienone is 1. The lowest BCUT2D eigenvalue weighted by molar-refractivity contribution is -0.106. The highest BCUT2D eigenvalue weighted by atomic mass is 35.5. The fraction of sp³-hybridized carbons (Fsp3) is 0.550. The van der Waals surface area contributed by atoms with E-state index in [4.69, 9.17) is 16.4 Å². The summed E-state index contributed by atoms with van der Waals surface area (Å²) in [6.45, 7) is 24.4. The number of nitrogens with zero attached hydrogens (tertiary/aromatic N) is 2. The summed E-state index contributed by atoms with van der Waals surface area (Å²) in [5.74, 6) is 0.239. The van der Waals surface area contributed by atoms with Gasteiger partial charge in [-0.05, 0) is 68.2 Å². The molecule has 5 nitrogen and oxygen atoms in total. The van der Waals surface area contributed by atoms with Crippen LogP contribution in [0, 0.1) is 24.1 Å². The molecule has 3 aromatic rings. The molecule has 4 rings (SSSR count). The smallest absolute Gasteiger partial charge is 0.185 e. The van der Waals surface area contributed by atoms with Crippen molar-refractivity contribution in [1.29, 1.82) is 0 Å². The fourth-order valence-electron chi connectivity index (χ4n) is 4.10. The molecule has 0 unspecified atom stereocenters. The van der Waals surface area contributed by atoms with Crippen LogP contribution in [0.3, 0.4) is 0 Å². The van der Waals surface area contributed by atoms with E-state index in [0.717, 1.165) is 49.0 Å². The lowest BCUT2D eigenvalue weighted by Crippen LogP contribution is -2.13. The van der Waals surface area contributed by atoms with Crippen LogP contribution in [0.25, 0.3) is 17.3 Å². The van der Waals surface area contributed by atoms with Gasteiger partial charge in [0.15, 0.2) is 5.78 Å². The zero-order chi connectivity index (χ0) is 37.1. The molecule has 1 saturated carbocycles. The minimum Gasteiger partial charge on any atom is -0.505 e. The van der Waals surface area contributed by atoms with Crippen molar-refractivity contribution in [3.63, 3.8) is 0 Å². The van der Waals surface area contributed by atoms with Crippen LogP contribution in [0.5, 0.6) is 5.75 Å². The summed E-state index contributed by atoms with van der Waals surface area (Å²) in [7, 11) is 0. The van der Waals surface area contributed by atoms with Crippen LogP contribution >= 0.6 is 22.9 Å². The van der Waals surface area contributed by atoms with E-state index in [-0.39, 0.29) is 27.4 Å². The number of aryl methyl sites for hydroxylation is 1. The van der Waals surface area contributed by atoms with Gasteiger partial charge in [0, 0.05) is 22.4 Å². The van der Waals surface area contributed by atoms with Gasteiger partial charge in [0.25, 0.3) is 0 Å². The van der Waals surface area contributed by atoms with Crippen LogP contribution in [-0.2, 0) is 10.2 Å². The van der Waals surface area contributed by atoms with Gasteiger partial charge in [0.05, 0.1) is 15.7 Å². The summed E-state index contributed by atoms with van der Waals surface area (Å²) < 4.78 is 14.0. The van der Waals surface area contributed by atoms with Crippen molar-refractivity contribution >= 4 is 41.1 Å². The molecule has 0 radical (unpaired) electrons. The van der Waals surface area contributed by atoms with Crippen molar-refractivity contribution in [2.75, 3.05) is 0 Å². The maximum atomic E-state index is 14.0. The largest absolute Gasteiger partial charge is 0.505 e. The topological polar surface area (TPSA) is 80.2 Å². The standard InChI is InChI=1S/C24H31ClFNO.C8H9NOS.C4H10.C2H4O.C2H6/c1-7-8-12-24(5,6)13-11-20-22(28)17(23(2,3)4)15-21(27-20)16-9-10-18(25)19(26)14-16;1-5-9-7(4-11-5)8(10)6-2-3-6;1-3-4-2;1-2-3;1-2/h9-11,13-15,28H,7-8,12H2,1-6H3;4,6H,2-3H2,1H3;3-4H2,1-2H3;2H,1H3;1-2H3/b13-11+;;;;. The van der Waals surface area contributed by atoms with E-state index in [2.05, 4.69) is 50.7 Å². The molecule has 0 aliphatic heterocycles. The molecule has 1 aliphatic carbocycles. The minimum atomic E-state index is -0.482. The zero-order valence-corrected chi connectivity index (χ0v) is 33.0. The van der Waals surface area contributed by atoms with E-state index in [0.29, 0.717) is 28.6 Å². The molecule has 268 valence electrons. The highest BCUT2D eigenvalue weighted by molar-refractivity contribution is 7.09. The van der Waals surface area contributed by atoms with Crippen LogP contribution in [0.2, 0.25) is 5.02 Å². The third kappa shape index (κ3) is 16.5. The van der Waals surface area contributed by atoms with Gasteiger partial charge in [-0.3, -0.25) is 4.79 Å². The van der Waals surface area contributed by atoms with Crippen LogP contribution < -0.4 is 0 Å². The van der Waals surface area contributed by atoms with Gasteiger partial charge < -0.3 is 9.90 Å². The van der Waals surface area contributed by atoms with E-state index in [9.17, 15) is 14.3 Å². The summed E-state index contributed by atoms with van der Waals surface area (Å²) in [6, 6.07) is 6.49. The van der Waals surface area contributed by atoms with Crippen molar-refractivity contribution in [2.45, 2.75) is 133 Å². The predicted octanol–water partition coefficient (Wildman–Crippen LogP) is 12.9. The number of rotatable bonds is 9. The third-order valence-corrected chi connectivity index (χ3v) is 8.31. The van der Waals surface area contributed by atoms with Crippen molar-refractivity contribution in [1.82, 2.24) is 9.97 Å². The van der Waals surface area contributed by atoms with Gasteiger partial charge in [0.2, 0.25) is 0 Å². The second-order valence-electron chi connectivity index (χ2n) is 13.2. The van der Waals surface area contributed by atoms with Gasteiger partial charge >= 0.3 is 0 Å². The summed E-state index contributed by atoms with van der Waals surface area (Å²) in [6.07, 6.45) is 12.9. The molecule has 2 heterocycles. The Hall–Kier alpha value is -2.90. The Bertz CT molecular complexity index is 1420. The summed E-state index contributed by atoms with van der Waals surface area (Å²) in [5.41, 5.74) is 2.93. The van der Waals surface area contributed by atoms with Crippen molar-refractivity contribution < 1.29 is 19.1 Å². The Morgan fingerprint density at radius 1 is 1.04 bits per heavy atom. The average molecular weight is 703 g/mol. The van der Waals surface area contributed by atoms with Gasteiger partial charge in [-0.15, -0.1) is 11.3 Å². The first-order chi connectivity index (χ1) is 22.5. The summed E-state index contributed by atoms with van der Waals surface area (Å²) in [5, 5.41) is 13.8. The monoisotopic (exact) mass is 702 g/mol. The number of carbonyl (C=O) groups is 2. The number of aromatic nitrogens is 2. The maximum absolute atomic E-state index is 14.0. The Kier molecular flexibility index (Phi) is 21.3. The number of thiazole rings is 1. The quantitative estimate of drug-likeness (QED) is 0.177. The lowest BCUT2D eigenvalue weighted by atomic mass is 9.84. The molecule has 48 heavy (non-hydrogen) atoms. The van der Waals surface area contributed by atoms with Crippen LogP contribution in [0.15, 0.2) is 35.7 Å². The highest BCUT2D eigenvalue weighted by Crippen LogP contribution is 2.37. The van der Waals surface area contributed by atoms with Gasteiger partial charge in [-0.1, -0.05) is 119 Å². The van der Waals surface area contributed by atoms with Gasteiger partial charge in [-0.25, -0.2) is 14.4 Å². The number of benzene rings is 1. The maximum Gasteiger partial charge on any atom is 0.185 e. The second-order valence-corrected chi connectivity index (χ2v) is 14.7. The van der Waals surface area contributed by atoms with Gasteiger partial charge in [0.1, 0.15) is 29.2 Å². The summed E-state index contributed by atoms with van der Waals surface area (Å²) in [4.78, 5) is 28.9. The molecule has 1 aliphatic rings. The number of aldehydes is 1. The summed E-state index contributed by atoms with van der Waals surface area (Å²) >= 11 is 7.37. The molecule has 0 spiro atoms. The molecule has 8 heteroatoms.